The molecular weight excluding hydrogens is 360 g/mol. The van der Waals surface area contributed by atoms with Crippen LogP contribution in [0.25, 0.3) is 0 Å². The van der Waals surface area contributed by atoms with Gasteiger partial charge in [-0.3, -0.25) is 25.2 Å². The van der Waals surface area contributed by atoms with Crippen molar-refractivity contribution >= 4 is 23.4 Å². The van der Waals surface area contributed by atoms with E-state index in [0.29, 0.717) is 30.6 Å². The SMILES string of the molecule is CN(C)c1cccc(C(=O)NNC(=O)[C@@H]2CCCN(C(=O)c3ccoc3)C2)c1. The molecule has 2 heterocycles. The summed E-state index contributed by atoms with van der Waals surface area (Å²) in [7, 11) is 3.77. The Bertz CT molecular complexity index is 848. The van der Waals surface area contributed by atoms with E-state index in [1.807, 2.05) is 25.1 Å². The van der Waals surface area contributed by atoms with Crippen LogP contribution in [0.4, 0.5) is 5.69 Å². The quantitative estimate of drug-likeness (QED) is 0.782. The molecule has 1 aromatic heterocycles. The minimum atomic E-state index is -0.390. The third-order valence-corrected chi connectivity index (χ3v) is 4.77. The van der Waals surface area contributed by atoms with Crippen LogP contribution in [-0.2, 0) is 4.79 Å². The van der Waals surface area contributed by atoms with E-state index < -0.39 is 0 Å². The number of nitrogens with zero attached hydrogens (tertiary/aromatic N) is 2. The first-order valence-corrected chi connectivity index (χ1v) is 9.15. The predicted octanol–water partition coefficient (Wildman–Crippen LogP) is 1.66. The number of carbonyl (C=O) groups is 3. The first kappa shape index (κ1) is 19.5. The van der Waals surface area contributed by atoms with Crippen LogP contribution in [0.3, 0.4) is 0 Å². The fourth-order valence-electron chi connectivity index (χ4n) is 3.16. The van der Waals surface area contributed by atoms with Crippen molar-refractivity contribution in [1.29, 1.82) is 0 Å². The van der Waals surface area contributed by atoms with Gasteiger partial charge in [0.05, 0.1) is 17.7 Å². The molecule has 1 atom stereocenters. The number of carbonyl (C=O) groups excluding carboxylic acids is 3. The summed E-state index contributed by atoms with van der Waals surface area (Å²) < 4.78 is 4.95. The van der Waals surface area contributed by atoms with Crippen LogP contribution in [0.2, 0.25) is 0 Å². The van der Waals surface area contributed by atoms with E-state index in [0.717, 1.165) is 12.1 Å². The normalized spacial score (nSPS) is 16.4. The zero-order chi connectivity index (χ0) is 20.1. The van der Waals surface area contributed by atoms with Crippen molar-refractivity contribution in [3.05, 3.63) is 54.0 Å². The number of anilines is 1. The molecule has 0 aliphatic carbocycles. The number of hydrazine groups is 1. The molecule has 1 saturated heterocycles. The summed E-state index contributed by atoms with van der Waals surface area (Å²) in [6.45, 7) is 0.902. The van der Waals surface area contributed by atoms with E-state index in [-0.39, 0.29) is 23.6 Å². The molecular formula is C20H24N4O4. The van der Waals surface area contributed by atoms with E-state index >= 15 is 0 Å². The lowest BCUT2D eigenvalue weighted by Gasteiger charge is -2.31. The molecule has 0 bridgehead atoms. The number of rotatable bonds is 4. The second-order valence-corrected chi connectivity index (χ2v) is 6.99. The van der Waals surface area contributed by atoms with Gasteiger partial charge < -0.3 is 14.2 Å². The monoisotopic (exact) mass is 384 g/mol. The minimum absolute atomic E-state index is 0.157. The van der Waals surface area contributed by atoms with Crippen molar-refractivity contribution < 1.29 is 18.8 Å². The van der Waals surface area contributed by atoms with Gasteiger partial charge in [-0.05, 0) is 37.1 Å². The van der Waals surface area contributed by atoms with Gasteiger partial charge in [0.1, 0.15) is 6.26 Å². The number of amides is 3. The van der Waals surface area contributed by atoms with Crippen molar-refractivity contribution in [3.63, 3.8) is 0 Å². The van der Waals surface area contributed by atoms with Gasteiger partial charge in [-0.15, -0.1) is 0 Å². The Morgan fingerprint density at radius 1 is 1.14 bits per heavy atom. The smallest absolute Gasteiger partial charge is 0.269 e. The molecule has 3 rings (SSSR count). The largest absolute Gasteiger partial charge is 0.472 e. The van der Waals surface area contributed by atoms with Crippen LogP contribution < -0.4 is 15.8 Å². The molecule has 1 aliphatic heterocycles. The Kier molecular flexibility index (Phi) is 5.98. The zero-order valence-corrected chi connectivity index (χ0v) is 16.0. The second kappa shape index (κ2) is 8.60. The fourth-order valence-corrected chi connectivity index (χ4v) is 3.16. The summed E-state index contributed by atoms with van der Waals surface area (Å²) >= 11 is 0. The summed E-state index contributed by atoms with van der Waals surface area (Å²) in [6.07, 6.45) is 4.23. The molecule has 3 amide bonds. The minimum Gasteiger partial charge on any atom is -0.472 e. The Balaban J connectivity index is 1.55. The van der Waals surface area contributed by atoms with Gasteiger partial charge in [0.2, 0.25) is 5.91 Å². The molecule has 148 valence electrons. The molecule has 0 radical (unpaired) electrons. The van der Waals surface area contributed by atoms with E-state index in [1.165, 1.54) is 12.5 Å². The molecule has 1 fully saturated rings. The van der Waals surface area contributed by atoms with Gasteiger partial charge in [-0.1, -0.05) is 6.07 Å². The zero-order valence-electron chi connectivity index (χ0n) is 16.0. The average molecular weight is 384 g/mol. The van der Waals surface area contributed by atoms with Crippen molar-refractivity contribution in [3.8, 4) is 0 Å². The van der Waals surface area contributed by atoms with E-state index in [2.05, 4.69) is 10.9 Å². The highest BCUT2D eigenvalue weighted by atomic mass is 16.3. The van der Waals surface area contributed by atoms with Crippen molar-refractivity contribution in [2.45, 2.75) is 12.8 Å². The van der Waals surface area contributed by atoms with E-state index in [4.69, 9.17) is 4.42 Å². The maximum atomic E-state index is 12.5. The number of nitrogens with one attached hydrogen (secondary N) is 2. The Morgan fingerprint density at radius 3 is 2.68 bits per heavy atom. The van der Waals surface area contributed by atoms with Crippen LogP contribution in [0.1, 0.15) is 33.6 Å². The molecule has 8 nitrogen and oxygen atoms in total. The maximum absolute atomic E-state index is 12.5. The molecule has 0 saturated carbocycles. The molecule has 1 aromatic carbocycles. The van der Waals surface area contributed by atoms with E-state index in [1.54, 1.807) is 29.2 Å². The van der Waals surface area contributed by atoms with Crippen molar-refractivity contribution in [2.75, 3.05) is 32.1 Å². The highest BCUT2D eigenvalue weighted by Gasteiger charge is 2.29. The third kappa shape index (κ3) is 4.51. The van der Waals surface area contributed by atoms with Crippen LogP contribution in [-0.4, -0.2) is 49.8 Å². The van der Waals surface area contributed by atoms with Gasteiger partial charge in [0.25, 0.3) is 11.8 Å². The second-order valence-electron chi connectivity index (χ2n) is 6.99. The Labute approximate surface area is 163 Å². The van der Waals surface area contributed by atoms with Gasteiger partial charge in [-0.25, -0.2) is 0 Å². The average Bonchev–Trinajstić information content (AvgIpc) is 3.26. The molecule has 0 unspecified atom stereocenters. The number of piperidine rings is 1. The number of furan rings is 1. The summed E-state index contributed by atoms with van der Waals surface area (Å²) in [5.41, 5.74) is 6.75. The summed E-state index contributed by atoms with van der Waals surface area (Å²) in [6, 6.07) is 8.71. The number of hydrogen-bond acceptors (Lipinski definition) is 5. The number of likely N-dealkylation sites (tertiary alicyclic amines) is 1. The molecule has 0 spiro atoms. The Morgan fingerprint density at radius 2 is 1.96 bits per heavy atom. The van der Waals surface area contributed by atoms with Crippen LogP contribution in [0.15, 0.2) is 47.3 Å². The fraction of sp³-hybridized carbons (Fsp3) is 0.350. The first-order chi connectivity index (χ1) is 13.5. The maximum Gasteiger partial charge on any atom is 0.269 e. The topological polar surface area (TPSA) is 94.9 Å². The summed E-state index contributed by atoms with van der Waals surface area (Å²) in [4.78, 5) is 40.7. The lowest BCUT2D eigenvalue weighted by atomic mass is 9.97. The van der Waals surface area contributed by atoms with Crippen LogP contribution >= 0.6 is 0 Å². The third-order valence-electron chi connectivity index (χ3n) is 4.77. The van der Waals surface area contributed by atoms with Crippen LogP contribution in [0, 0.1) is 5.92 Å². The van der Waals surface area contributed by atoms with Gasteiger partial charge in [-0.2, -0.15) is 0 Å². The highest BCUT2D eigenvalue weighted by molar-refractivity contribution is 5.97. The lowest BCUT2D eigenvalue weighted by Crippen LogP contribution is -2.50. The van der Waals surface area contributed by atoms with Crippen molar-refractivity contribution in [1.82, 2.24) is 15.8 Å². The highest BCUT2D eigenvalue weighted by Crippen LogP contribution is 2.19. The summed E-state index contributed by atoms with van der Waals surface area (Å²) in [5, 5.41) is 0. The molecule has 2 aromatic rings. The van der Waals surface area contributed by atoms with Gasteiger partial charge in [0.15, 0.2) is 0 Å². The predicted molar refractivity (Wildman–Crippen MR) is 104 cm³/mol. The van der Waals surface area contributed by atoms with Gasteiger partial charge >= 0.3 is 0 Å². The number of hydrogen-bond donors (Lipinski definition) is 2. The number of benzene rings is 1. The van der Waals surface area contributed by atoms with E-state index in [9.17, 15) is 14.4 Å². The van der Waals surface area contributed by atoms with Crippen molar-refractivity contribution in [2.24, 2.45) is 5.92 Å². The van der Waals surface area contributed by atoms with Crippen LogP contribution in [0.5, 0.6) is 0 Å². The summed E-state index contributed by atoms with van der Waals surface area (Å²) in [5.74, 6) is -1.23. The molecule has 8 heteroatoms. The first-order valence-electron chi connectivity index (χ1n) is 9.15. The molecule has 28 heavy (non-hydrogen) atoms. The Hall–Kier alpha value is -3.29. The molecule has 2 N–H and O–H groups in total. The van der Waals surface area contributed by atoms with Gasteiger partial charge in [0, 0.05) is 38.4 Å². The lowest BCUT2D eigenvalue weighted by molar-refractivity contribution is -0.127. The standard InChI is InChI=1S/C20H24N4O4/c1-23(2)17-7-3-5-14(11-17)18(25)21-22-19(26)15-6-4-9-24(12-15)20(27)16-8-10-28-13-16/h3,5,7-8,10-11,13,15H,4,6,9,12H2,1-2H3,(H,21,25)(H,22,26)/t15-/m1/s1. The molecule has 1 aliphatic rings.